The summed E-state index contributed by atoms with van der Waals surface area (Å²) < 4.78 is 5.61. The van der Waals surface area contributed by atoms with Crippen LogP contribution in [0.25, 0.3) is 0 Å². The number of allylic oxidation sites excluding steroid dienone is 2. The van der Waals surface area contributed by atoms with Gasteiger partial charge in [-0.2, -0.15) is 10.1 Å². The van der Waals surface area contributed by atoms with Crippen LogP contribution in [0.5, 0.6) is 5.75 Å². The molecule has 2 fully saturated rings. The highest BCUT2D eigenvalue weighted by Crippen LogP contribution is 2.52. The lowest BCUT2D eigenvalue weighted by molar-refractivity contribution is -0.140. The molecule has 2 bridgehead atoms. The largest absolute Gasteiger partial charge is 0.480 e. The van der Waals surface area contributed by atoms with Gasteiger partial charge in [-0.3, -0.25) is 9.59 Å². The van der Waals surface area contributed by atoms with E-state index >= 15 is 0 Å². The first kappa shape index (κ1) is 17.3. The summed E-state index contributed by atoms with van der Waals surface area (Å²) in [6.45, 7) is 0.123. The average Bonchev–Trinajstić information content (AvgIpc) is 3.33. The van der Waals surface area contributed by atoms with Crippen LogP contribution < -0.4 is 9.64 Å². The van der Waals surface area contributed by atoms with Gasteiger partial charge in [-0.25, -0.2) is 0 Å². The van der Waals surface area contributed by atoms with Gasteiger partial charge < -0.3 is 9.64 Å². The minimum Gasteiger partial charge on any atom is -0.480 e. The van der Waals surface area contributed by atoms with E-state index in [-0.39, 0.29) is 42.1 Å². The highest BCUT2D eigenvalue weighted by Gasteiger charge is 2.59. The van der Waals surface area contributed by atoms with Gasteiger partial charge in [-0.1, -0.05) is 18.1 Å². The lowest BCUT2D eigenvalue weighted by atomic mass is 9.85. The minimum absolute atomic E-state index is 0.123. The molecule has 0 aromatic heterocycles. The number of fused-ring (bicyclic) bond motifs is 5. The fourth-order valence-corrected chi connectivity index (χ4v) is 4.27. The van der Waals surface area contributed by atoms with E-state index in [2.05, 4.69) is 23.2 Å². The number of hydrazone groups is 1. The third-order valence-electron chi connectivity index (χ3n) is 5.58. The molecule has 4 atom stereocenters. The second-order valence-electron chi connectivity index (χ2n) is 7.34. The molecular weight excluding hydrogens is 342 g/mol. The lowest BCUT2D eigenvalue weighted by Gasteiger charge is -2.16. The molecule has 1 saturated heterocycles. The summed E-state index contributed by atoms with van der Waals surface area (Å²) in [5, 5.41) is 5.25. The summed E-state index contributed by atoms with van der Waals surface area (Å²) in [6, 6.07) is 5.60. The Bertz CT molecular complexity index is 866. The second kappa shape index (κ2) is 6.58. The van der Waals surface area contributed by atoms with Crippen LogP contribution in [-0.4, -0.2) is 43.7 Å². The van der Waals surface area contributed by atoms with Crippen molar-refractivity contribution in [3.8, 4) is 18.1 Å². The Balaban J connectivity index is 1.59. The number of benzene rings is 1. The first-order valence-electron chi connectivity index (χ1n) is 8.99. The topological polar surface area (TPSA) is 62.2 Å². The van der Waals surface area contributed by atoms with E-state index in [1.165, 1.54) is 6.21 Å². The smallest absolute Gasteiger partial charge is 0.254 e. The van der Waals surface area contributed by atoms with E-state index in [1.54, 1.807) is 0 Å². The van der Waals surface area contributed by atoms with Gasteiger partial charge in [0, 0.05) is 31.4 Å². The molecule has 1 aromatic carbocycles. The first-order valence-corrected chi connectivity index (χ1v) is 8.99. The number of hydrogen-bond acceptors (Lipinski definition) is 5. The maximum atomic E-state index is 12.7. The summed E-state index contributed by atoms with van der Waals surface area (Å²) in [7, 11) is 3.85. The Kier molecular flexibility index (Phi) is 4.23. The Morgan fingerprint density at radius 2 is 1.93 bits per heavy atom. The second-order valence-corrected chi connectivity index (χ2v) is 7.34. The molecule has 27 heavy (non-hydrogen) atoms. The number of amides is 2. The van der Waals surface area contributed by atoms with Crippen molar-refractivity contribution in [2.75, 3.05) is 25.6 Å². The van der Waals surface area contributed by atoms with E-state index in [0.29, 0.717) is 11.3 Å². The number of hydrogen-bond donors (Lipinski definition) is 0. The number of anilines is 1. The molecule has 1 aromatic rings. The van der Waals surface area contributed by atoms with Gasteiger partial charge in [0.05, 0.1) is 18.1 Å². The number of rotatable bonds is 5. The van der Waals surface area contributed by atoms with Crippen molar-refractivity contribution in [1.29, 1.82) is 0 Å². The van der Waals surface area contributed by atoms with Crippen LogP contribution in [0.2, 0.25) is 0 Å². The number of carbonyl (C=O) groups excluding carboxylic acids is 2. The molecule has 6 heteroatoms. The fraction of sp³-hybridized carbons (Fsp3) is 0.381. The van der Waals surface area contributed by atoms with Crippen molar-refractivity contribution in [2.45, 2.75) is 6.42 Å². The molecule has 1 aliphatic heterocycles. The van der Waals surface area contributed by atoms with Crippen molar-refractivity contribution in [1.82, 2.24) is 5.01 Å². The zero-order valence-electron chi connectivity index (χ0n) is 15.3. The van der Waals surface area contributed by atoms with Crippen LogP contribution in [0.15, 0.2) is 35.5 Å². The maximum absolute atomic E-state index is 12.7. The van der Waals surface area contributed by atoms with Crippen molar-refractivity contribution in [2.24, 2.45) is 28.8 Å². The van der Waals surface area contributed by atoms with Crippen molar-refractivity contribution < 1.29 is 14.3 Å². The zero-order valence-corrected chi connectivity index (χ0v) is 15.3. The van der Waals surface area contributed by atoms with Gasteiger partial charge >= 0.3 is 0 Å². The highest BCUT2D eigenvalue weighted by atomic mass is 16.5. The third-order valence-corrected chi connectivity index (χ3v) is 5.58. The lowest BCUT2D eigenvalue weighted by Crippen LogP contribution is -2.28. The molecule has 2 amide bonds. The van der Waals surface area contributed by atoms with Crippen LogP contribution in [-0.2, 0) is 9.59 Å². The van der Waals surface area contributed by atoms with Gasteiger partial charge in [0.2, 0.25) is 0 Å². The summed E-state index contributed by atoms with van der Waals surface area (Å²) in [6.07, 6.45) is 11.8. The van der Waals surface area contributed by atoms with Gasteiger partial charge in [0.25, 0.3) is 11.8 Å². The van der Waals surface area contributed by atoms with Crippen LogP contribution in [0, 0.1) is 36.0 Å². The minimum atomic E-state index is -0.252. The molecule has 0 unspecified atom stereocenters. The Hall–Kier alpha value is -3.07. The van der Waals surface area contributed by atoms with Gasteiger partial charge in [0.1, 0.15) is 12.4 Å². The van der Waals surface area contributed by atoms with Crippen molar-refractivity contribution in [3.05, 3.63) is 35.9 Å². The van der Waals surface area contributed by atoms with Gasteiger partial charge in [-0.15, -0.1) is 6.42 Å². The summed E-state index contributed by atoms with van der Waals surface area (Å²) >= 11 is 0. The number of carbonyl (C=O) groups is 2. The molecule has 1 heterocycles. The highest BCUT2D eigenvalue weighted by molar-refractivity contribution is 6.06. The molecule has 0 spiro atoms. The molecule has 2 aliphatic carbocycles. The van der Waals surface area contributed by atoms with E-state index in [0.717, 1.165) is 17.1 Å². The molecule has 0 radical (unpaired) electrons. The Morgan fingerprint density at radius 3 is 2.52 bits per heavy atom. The van der Waals surface area contributed by atoms with E-state index < -0.39 is 0 Å². The van der Waals surface area contributed by atoms with E-state index in [1.807, 2.05) is 37.2 Å². The van der Waals surface area contributed by atoms with Gasteiger partial charge in [0.15, 0.2) is 0 Å². The van der Waals surface area contributed by atoms with E-state index in [4.69, 9.17) is 11.2 Å². The molecule has 4 rings (SSSR count). The van der Waals surface area contributed by atoms with Crippen LogP contribution in [0.4, 0.5) is 5.69 Å². The predicted octanol–water partition coefficient (Wildman–Crippen LogP) is 1.91. The van der Waals surface area contributed by atoms with Crippen LogP contribution >= 0.6 is 0 Å². The predicted molar refractivity (Wildman–Crippen MR) is 102 cm³/mol. The molecular formula is C21H21N3O3. The number of ether oxygens (including phenoxy) is 1. The maximum Gasteiger partial charge on any atom is 0.254 e. The Labute approximate surface area is 158 Å². The third kappa shape index (κ3) is 2.80. The quantitative estimate of drug-likeness (QED) is 0.347. The average molecular weight is 363 g/mol. The molecule has 0 N–H and O–H groups in total. The fourth-order valence-electron chi connectivity index (χ4n) is 4.27. The van der Waals surface area contributed by atoms with Crippen molar-refractivity contribution >= 4 is 23.7 Å². The molecule has 1 saturated carbocycles. The molecule has 138 valence electrons. The summed E-state index contributed by atoms with van der Waals surface area (Å²) in [5.41, 5.74) is 1.61. The van der Waals surface area contributed by atoms with Crippen molar-refractivity contribution in [3.63, 3.8) is 0 Å². The molecule has 3 aliphatic rings. The number of imide groups is 1. The number of terminal acetylenes is 1. The Morgan fingerprint density at radius 1 is 1.26 bits per heavy atom. The monoisotopic (exact) mass is 363 g/mol. The zero-order chi connectivity index (χ0) is 19.1. The van der Waals surface area contributed by atoms with Gasteiger partial charge in [-0.05, 0) is 30.4 Å². The molecule has 6 nitrogen and oxygen atoms in total. The van der Waals surface area contributed by atoms with E-state index in [9.17, 15) is 9.59 Å². The normalized spacial score (nSPS) is 28.1. The SMILES string of the molecule is C#CCOc1cc(N(C)C)ccc1C=NN1C(=O)[C@@H]2[C@H](C1=O)[C@H]1C=C[C@H]2C1. The standard InChI is InChI=1S/C21H21N3O3/c1-4-9-27-17-11-16(23(2)3)8-7-15(17)12-22-24-20(25)18-13-5-6-14(10-13)19(18)21(24)26/h1,5-8,11-14,18-19H,9-10H2,2-3H3/t13-,14-,18-,19+/m0/s1. The summed E-state index contributed by atoms with van der Waals surface area (Å²) in [4.78, 5) is 27.3. The first-order chi connectivity index (χ1) is 13.0. The number of nitrogens with zero attached hydrogens (tertiary/aromatic N) is 3. The van der Waals surface area contributed by atoms with Crippen LogP contribution in [0.1, 0.15) is 12.0 Å². The summed E-state index contributed by atoms with van der Waals surface area (Å²) in [5.74, 6) is 2.44. The van der Waals surface area contributed by atoms with Crippen LogP contribution in [0.3, 0.4) is 0 Å².